The molecule has 1 amide bonds. The first-order chi connectivity index (χ1) is 15.0. The average molecular weight is 438 g/mol. The minimum Gasteiger partial charge on any atom is -0.333 e. The Bertz CT molecular complexity index is 955. The molecule has 0 saturated carbocycles. The van der Waals surface area contributed by atoms with Crippen LogP contribution in [0.5, 0.6) is 0 Å². The number of hydrogen-bond acceptors (Lipinski definition) is 3. The van der Waals surface area contributed by atoms with Crippen LogP contribution in [0.4, 0.5) is 5.69 Å². The number of anilines is 1. The number of aryl methyl sites for hydroxylation is 3. The van der Waals surface area contributed by atoms with E-state index < -0.39 is 0 Å². The summed E-state index contributed by atoms with van der Waals surface area (Å²) in [7, 11) is 0. The quantitative estimate of drug-likeness (QED) is 0.244. The van der Waals surface area contributed by atoms with E-state index in [2.05, 4.69) is 55.1 Å². The first-order valence-corrected chi connectivity index (χ1v) is 12.4. The highest BCUT2D eigenvalue weighted by Crippen LogP contribution is 2.29. The van der Waals surface area contributed by atoms with Gasteiger partial charge in [0.25, 0.3) is 0 Å². The molecule has 0 spiro atoms. The summed E-state index contributed by atoms with van der Waals surface area (Å²) in [5.74, 6) is 0.0640. The maximum atomic E-state index is 13.3. The molecule has 3 rings (SSSR count). The Morgan fingerprint density at radius 3 is 2.42 bits per heavy atom. The fourth-order valence-corrected chi connectivity index (χ4v) is 5.09. The van der Waals surface area contributed by atoms with Gasteiger partial charge in [0.15, 0.2) is 5.16 Å². The third-order valence-electron chi connectivity index (χ3n) is 5.66. The number of carbonyl (C=O) groups is 1. The molecule has 3 aromatic rings. The largest absolute Gasteiger partial charge is 0.333 e. The molecule has 0 radical (unpaired) electrons. The van der Waals surface area contributed by atoms with Crippen molar-refractivity contribution in [3.63, 3.8) is 0 Å². The minimum atomic E-state index is -0.174. The normalized spacial score (nSPS) is 12.3. The van der Waals surface area contributed by atoms with Gasteiger partial charge < -0.3 is 10.3 Å². The van der Waals surface area contributed by atoms with Gasteiger partial charge in [-0.05, 0) is 50.5 Å². The Kier molecular flexibility index (Phi) is 8.59. The van der Waals surface area contributed by atoms with Gasteiger partial charge in [-0.25, -0.2) is 4.98 Å². The second kappa shape index (κ2) is 11.4. The summed E-state index contributed by atoms with van der Waals surface area (Å²) in [4.78, 5) is 21.4. The highest BCUT2D eigenvalue weighted by Gasteiger charge is 2.22. The number of hydrogen-bond donors (Lipinski definition) is 2. The van der Waals surface area contributed by atoms with E-state index in [-0.39, 0.29) is 11.2 Å². The third-order valence-corrected chi connectivity index (χ3v) is 6.81. The number of benzene rings is 2. The molecular weight excluding hydrogens is 402 g/mol. The number of rotatable bonds is 11. The lowest BCUT2D eigenvalue weighted by Gasteiger charge is -2.18. The molecule has 4 nitrogen and oxygen atoms in total. The number of nitrogens with one attached hydrogen (secondary N) is 2. The molecule has 0 aliphatic heterocycles. The Labute approximate surface area is 190 Å². The van der Waals surface area contributed by atoms with Crippen LogP contribution in [0.3, 0.4) is 0 Å². The summed E-state index contributed by atoms with van der Waals surface area (Å²) < 4.78 is 0. The molecule has 0 fully saturated rings. The van der Waals surface area contributed by atoms with Crippen molar-refractivity contribution in [1.82, 2.24) is 9.97 Å². The molecule has 5 heteroatoms. The molecule has 2 N–H and O–H groups in total. The number of fused-ring (bicyclic) bond motifs is 1. The predicted octanol–water partition coefficient (Wildman–Crippen LogP) is 7.34. The van der Waals surface area contributed by atoms with E-state index in [1.807, 2.05) is 24.3 Å². The summed E-state index contributed by atoms with van der Waals surface area (Å²) in [5.41, 5.74) is 6.32. The van der Waals surface area contributed by atoms with Gasteiger partial charge in [0.2, 0.25) is 5.91 Å². The minimum absolute atomic E-state index is 0.0640. The highest BCUT2D eigenvalue weighted by atomic mass is 32.2. The third kappa shape index (κ3) is 6.60. The molecule has 1 aromatic heterocycles. The Morgan fingerprint density at radius 1 is 1.03 bits per heavy atom. The second-order valence-electron chi connectivity index (χ2n) is 8.49. The van der Waals surface area contributed by atoms with E-state index in [4.69, 9.17) is 0 Å². The number of H-pyrrole nitrogens is 1. The van der Waals surface area contributed by atoms with Crippen molar-refractivity contribution < 1.29 is 4.79 Å². The van der Waals surface area contributed by atoms with Crippen molar-refractivity contribution >= 4 is 34.4 Å². The number of carbonyl (C=O) groups excluding carboxylic acids is 1. The highest BCUT2D eigenvalue weighted by molar-refractivity contribution is 8.00. The fourth-order valence-electron chi connectivity index (χ4n) is 4.05. The molecule has 31 heavy (non-hydrogen) atoms. The van der Waals surface area contributed by atoms with Gasteiger partial charge in [-0.3, -0.25) is 4.79 Å². The lowest BCUT2D eigenvalue weighted by Crippen LogP contribution is -2.26. The molecule has 0 saturated heterocycles. The molecule has 1 atom stereocenters. The standard InChI is InChI=1S/C26H35N3OS/c1-5-6-7-8-9-10-15-23(31-26-27-21-13-11-12-14-22(21)28-26)25(30)29-24-19(3)16-18(2)17-20(24)4/h11-14,16-17,23H,5-10,15H2,1-4H3,(H,27,28)(H,29,30). The van der Waals surface area contributed by atoms with Gasteiger partial charge in [0.05, 0.1) is 16.3 Å². The van der Waals surface area contributed by atoms with Crippen molar-refractivity contribution in [2.24, 2.45) is 0 Å². The van der Waals surface area contributed by atoms with Crippen LogP contribution in [0.15, 0.2) is 41.6 Å². The molecule has 2 aromatic carbocycles. The van der Waals surface area contributed by atoms with Crippen molar-refractivity contribution in [3.8, 4) is 0 Å². The van der Waals surface area contributed by atoms with Crippen LogP contribution < -0.4 is 5.32 Å². The number of para-hydroxylation sites is 2. The Balaban J connectivity index is 1.71. The fraction of sp³-hybridized carbons (Fsp3) is 0.462. The van der Waals surface area contributed by atoms with Crippen LogP contribution in [-0.2, 0) is 4.79 Å². The molecule has 1 heterocycles. The summed E-state index contributed by atoms with van der Waals surface area (Å²) >= 11 is 1.55. The summed E-state index contributed by atoms with van der Waals surface area (Å²) in [6, 6.07) is 12.3. The van der Waals surface area contributed by atoms with E-state index >= 15 is 0 Å². The summed E-state index contributed by atoms with van der Waals surface area (Å²) in [6.07, 6.45) is 8.16. The van der Waals surface area contributed by atoms with Gasteiger partial charge in [-0.15, -0.1) is 0 Å². The van der Waals surface area contributed by atoms with Gasteiger partial charge in [-0.1, -0.05) is 87.0 Å². The van der Waals surface area contributed by atoms with E-state index in [1.165, 1.54) is 37.7 Å². The van der Waals surface area contributed by atoms with E-state index in [0.717, 1.165) is 45.8 Å². The van der Waals surface area contributed by atoms with Gasteiger partial charge in [-0.2, -0.15) is 0 Å². The molecule has 0 bridgehead atoms. The van der Waals surface area contributed by atoms with Crippen LogP contribution in [0.1, 0.15) is 68.6 Å². The molecular formula is C26H35N3OS. The van der Waals surface area contributed by atoms with E-state index in [0.29, 0.717) is 0 Å². The van der Waals surface area contributed by atoms with Gasteiger partial charge >= 0.3 is 0 Å². The number of unbranched alkanes of at least 4 members (excludes halogenated alkanes) is 5. The van der Waals surface area contributed by atoms with Crippen LogP contribution >= 0.6 is 11.8 Å². The van der Waals surface area contributed by atoms with E-state index in [9.17, 15) is 4.79 Å². The number of amides is 1. The maximum Gasteiger partial charge on any atom is 0.237 e. The Morgan fingerprint density at radius 2 is 1.71 bits per heavy atom. The zero-order chi connectivity index (χ0) is 22.2. The number of nitrogens with zero attached hydrogens (tertiary/aromatic N) is 1. The van der Waals surface area contributed by atoms with Crippen molar-refractivity contribution in [2.75, 3.05) is 5.32 Å². The van der Waals surface area contributed by atoms with Gasteiger partial charge in [0.1, 0.15) is 0 Å². The first-order valence-electron chi connectivity index (χ1n) is 11.5. The van der Waals surface area contributed by atoms with Crippen LogP contribution in [-0.4, -0.2) is 21.1 Å². The van der Waals surface area contributed by atoms with Crippen LogP contribution in [0.2, 0.25) is 0 Å². The van der Waals surface area contributed by atoms with Crippen molar-refractivity contribution in [1.29, 1.82) is 0 Å². The van der Waals surface area contributed by atoms with Crippen molar-refractivity contribution in [3.05, 3.63) is 53.1 Å². The zero-order valence-corrected chi connectivity index (χ0v) is 20.1. The zero-order valence-electron chi connectivity index (χ0n) is 19.3. The molecule has 0 aliphatic carbocycles. The second-order valence-corrected chi connectivity index (χ2v) is 9.68. The molecule has 0 aliphatic rings. The van der Waals surface area contributed by atoms with Gasteiger partial charge in [0, 0.05) is 5.69 Å². The van der Waals surface area contributed by atoms with Crippen LogP contribution in [0, 0.1) is 20.8 Å². The smallest absolute Gasteiger partial charge is 0.237 e. The van der Waals surface area contributed by atoms with E-state index in [1.54, 1.807) is 11.8 Å². The first kappa shape index (κ1) is 23.4. The maximum absolute atomic E-state index is 13.3. The SMILES string of the molecule is CCCCCCCCC(Sc1nc2ccccc2[nH]1)C(=O)Nc1c(C)cc(C)cc1C. The number of aromatic nitrogens is 2. The average Bonchev–Trinajstić information content (AvgIpc) is 3.14. The molecule has 1 unspecified atom stereocenters. The predicted molar refractivity (Wildman–Crippen MR) is 133 cm³/mol. The van der Waals surface area contributed by atoms with Crippen molar-refractivity contribution in [2.45, 2.75) is 83.0 Å². The Hall–Kier alpha value is -2.27. The van der Waals surface area contributed by atoms with Crippen LogP contribution in [0.25, 0.3) is 11.0 Å². The topological polar surface area (TPSA) is 57.8 Å². The number of aromatic amines is 1. The lowest BCUT2D eigenvalue weighted by molar-refractivity contribution is -0.115. The number of thioether (sulfide) groups is 1. The lowest BCUT2D eigenvalue weighted by atomic mass is 10.0. The molecule has 166 valence electrons. The summed E-state index contributed by atoms with van der Waals surface area (Å²) in [5, 5.41) is 3.86. The monoisotopic (exact) mass is 437 g/mol. The number of imidazole rings is 1. The summed E-state index contributed by atoms with van der Waals surface area (Å²) in [6.45, 7) is 8.44.